The van der Waals surface area contributed by atoms with Gasteiger partial charge in [-0.25, -0.2) is 0 Å². The van der Waals surface area contributed by atoms with Gasteiger partial charge in [0.15, 0.2) is 0 Å². The Morgan fingerprint density at radius 1 is 1.20 bits per heavy atom. The van der Waals surface area contributed by atoms with E-state index in [0.29, 0.717) is 12.1 Å². The molecule has 0 spiro atoms. The Balaban J connectivity index is 1.34. The fourth-order valence-electron chi connectivity index (χ4n) is 4.70. The van der Waals surface area contributed by atoms with Gasteiger partial charge in [-0.3, -0.25) is 9.69 Å². The number of hydrogen-bond acceptors (Lipinski definition) is 5. The number of ether oxygens (including phenoxy) is 1. The van der Waals surface area contributed by atoms with Crippen molar-refractivity contribution >= 4 is 5.91 Å². The van der Waals surface area contributed by atoms with E-state index in [4.69, 9.17) is 9.26 Å². The Morgan fingerprint density at radius 2 is 2.00 bits per heavy atom. The van der Waals surface area contributed by atoms with Gasteiger partial charge in [0.25, 0.3) is 0 Å². The van der Waals surface area contributed by atoms with Gasteiger partial charge >= 0.3 is 0 Å². The summed E-state index contributed by atoms with van der Waals surface area (Å²) in [5.74, 6) is 1.01. The van der Waals surface area contributed by atoms with Crippen molar-refractivity contribution < 1.29 is 14.1 Å². The van der Waals surface area contributed by atoms with Crippen LogP contribution < -0.4 is 5.32 Å². The number of amides is 1. The van der Waals surface area contributed by atoms with E-state index in [1.54, 1.807) is 0 Å². The number of nitrogens with zero attached hydrogens (tertiary/aromatic N) is 2. The minimum atomic E-state index is -0.263. The minimum absolute atomic E-state index is 0.106. The van der Waals surface area contributed by atoms with Crippen LogP contribution in [-0.4, -0.2) is 46.8 Å². The average molecular weight is 347 g/mol. The van der Waals surface area contributed by atoms with Crippen molar-refractivity contribution in [1.29, 1.82) is 0 Å². The second kappa shape index (κ2) is 7.08. The van der Waals surface area contributed by atoms with Gasteiger partial charge in [0.1, 0.15) is 11.9 Å². The maximum atomic E-state index is 12.5. The number of likely N-dealkylation sites (tertiary alicyclic amines) is 1. The zero-order valence-electron chi connectivity index (χ0n) is 15.3. The molecule has 4 rings (SSSR count). The molecule has 25 heavy (non-hydrogen) atoms. The van der Waals surface area contributed by atoms with Crippen molar-refractivity contribution in [2.75, 3.05) is 6.54 Å². The van der Waals surface area contributed by atoms with E-state index in [1.165, 1.54) is 18.4 Å². The smallest absolute Gasteiger partial charge is 0.249 e. The first kappa shape index (κ1) is 17.0. The molecule has 6 nitrogen and oxygen atoms in total. The second-order valence-electron chi connectivity index (χ2n) is 7.86. The summed E-state index contributed by atoms with van der Waals surface area (Å²) in [7, 11) is 0. The van der Waals surface area contributed by atoms with Crippen LogP contribution in [0.2, 0.25) is 0 Å². The van der Waals surface area contributed by atoms with E-state index in [1.807, 2.05) is 13.8 Å². The predicted molar refractivity (Wildman–Crippen MR) is 93.1 cm³/mol. The molecule has 3 fully saturated rings. The van der Waals surface area contributed by atoms with Crippen LogP contribution >= 0.6 is 0 Å². The Bertz CT molecular complexity index is 604. The number of aromatic nitrogens is 1. The van der Waals surface area contributed by atoms with E-state index in [-0.39, 0.29) is 18.1 Å². The lowest BCUT2D eigenvalue weighted by Crippen LogP contribution is -2.49. The van der Waals surface area contributed by atoms with E-state index in [9.17, 15) is 4.79 Å². The van der Waals surface area contributed by atoms with Gasteiger partial charge in [-0.15, -0.1) is 0 Å². The normalized spacial score (nSPS) is 30.6. The number of aryl methyl sites for hydroxylation is 2. The fraction of sp³-hybridized carbons (Fsp3) is 0.789. The summed E-state index contributed by atoms with van der Waals surface area (Å²) < 4.78 is 11.5. The largest absolute Gasteiger partial charge is 0.363 e. The molecule has 3 aliphatic rings. The van der Waals surface area contributed by atoms with Crippen LogP contribution in [0.15, 0.2) is 4.52 Å². The molecule has 1 aliphatic carbocycles. The van der Waals surface area contributed by atoms with E-state index in [2.05, 4.69) is 15.4 Å². The molecule has 1 saturated carbocycles. The number of carbonyl (C=O) groups excluding carboxylic acids is 1. The van der Waals surface area contributed by atoms with Crippen LogP contribution in [0.25, 0.3) is 0 Å². The molecule has 0 unspecified atom stereocenters. The average Bonchev–Trinajstić information content (AvgIpc) is 3.32. The first-order valence-electron chi connectivity index (χ1n) is 9.73. The Labute approximate surface area is 149 Å². The van der Waals surface area contributed by atoms with Crippen molar-refractivity contribution in [3.8, 4) is 0 Å². The minimum Gasteiger partial charge on any atom is -0.363 e. The number of rotatable bonds is 4. The standard InChI is InChI=1S/C19H29N3O3/c1-12-15(13(2)25-21-12)11-22-10-9-17-16(22)7-8-18(24-17)19(23)20-14-5-3-4-6-14/h14,16-18H,3-11H2,1-2H3,(H,20,23)/t16-,17-,18-/m0/s1. The van der Waals surface area contributed by atoms with Crippen LogP contribution in [0.1, 0.15) is 62.0 Å². The highest BCUT2D eigenvalue weighted by molar-refractivity contribution is 5.81. The van der Waals surface area contributed by atoms with E-state index >= 15 is 0 Å². The Kier molecular flexibility index (Phi) is 4.82. The zero-order valence-corrected chi connectivity index (χ0v) is 15.3. The molecule has 2 aliphatic heterocycles. The third kappa shape index (κ3) is 3.47. The number of carbonyl (C=O) groups is 1. The lowest BCUT2D eigenvalue weighted by atomic mass is 9.98. The molecule has 6 heteroatoms. The molecule has 1 aromatic heterocycles. The molecule has 138 valence electrons. The molecule has 2 saturated heterocycles. The van der Waals surface area contributed by atoms with Gasteiger partial charge < -0.3 is 14.6 Å². The molecule has 1 amide bonds. The summed E-state index contributed by atoms with van der Waals surface area (Å²) in [5.41, 5.74) is 2.17. The molecule has 0 aromatic carbocycles. The third-order valence-electron chi connectivity index (χ3n) is 6.20. The summed E-state index contributed by atoms with van der Waals surface area (Å²) in [4.78, 5) is 15.0. The molecule has 1 aromatic rings. The zero-order chi connectivity index (χ0) is 17.4. The Morgan fingerprint density at radius 3 is 2.72 bits per heavy atom. The lowest BCUT2D eigenvalue weighted by molar-refractivity contribution is -0.144. The summed E-state index contributed by atoms with van der Waals surface area (Å²) in [6, 6.07) is 0.776. The molecule has 1 N–H and O–H groups in total. The van der Waals surface area contributed by atoms with Crippen molar-refractivity contribution in [3.63, 3.8) is 0 Å². The van der Waals surface area contributed by atoms with Crippen molar-refractivity contribution in [2.45, 2.75) is 89.6 Å². The monoisotopic (exact) mass is 347 g/mol. The van der Waals surface area contributed by atoms with Gasteiger partial charge in [-0.1, -0.05) is 18.0 Å². The van der Waals surface area contributed by atoms with Crippen molar-refractivity contribution in [3.05, 3.63) is 17.0 Å². The maximum Gasteiger partial charge on any atom is 0.249 e. The van der Waals surface area contributed by atoms with Gasteiger partial charge in [0.2, 0.25) is 5.91 Å². The lowest BCUT2D eigenvalue weighted by Gasteiger charge is -2.35. The predicted octanol–water partition coefficient (Wildman–Crippen LogP) is 2.47. The van der Waals surface area contributed by atoms with Gasteiger partial charge in [0, 0.05) is 30.7 Å². The summed E-state index contributed by atoms with van der Waals surface area (Å²) in [5, 5.41) is 7.25. The molecular formula is C19H29N3O3. The molecule has 0 bridgehead atoms. The summed E-state index contributed by atoms with van der Waals surface area (Å²) in [6.07, 6.45) is 7.46. The van der Waals surface area contributed by atoms with Crippen LogP contribution in [0.3, 0.4) is 0 Å². The van der Waals surface area contributed by atoms with Crippen LogP contribution in [0, 0.1) is 13.8 Å². The van der Waals surface area contributed by atoms with Crippen LogP contribution in [-0.2, 0) is 16.1 Å². The van der Waals surface area contributed by atoms with Crippen LogP contribution in [0.5, 0.6) is 0 Å². The number of hydrogen-bond donors (Lipinski definition) is 1. The van der Waals surface area contributed by atoms with Crippen molar-refractivity contribution in [2.24, 2.45) is 0 Å². The first-order chi connectivity index (χ1) is 12.1. The summed E-state index contributed by atoms with van der Waals surface area (Å²) in [6.45, 7) is 5.85. The molecule has 0 radical (unpaired) electrons. The van der Waals surface area contributed by atoms with E-state index in [0.717, 1.165) is 56.6 Å². The van der Waals surface area contributed by atoms with Crippen LogP contribution in [0.4, 0.5) is 0 Å². The third-order valence-corrected chi connectivity index (χ3v) is 6.20. The van der Waals surface area contributed by atoms with E-state index < -0.39 is 0 Å². The summed E-state index contributed by atoms with van der Waals surface area (Å²) >= 11 is 0. The van der Waals surface area contributed by atoms with Gasteiger partial charge in [-0.05, 0) is 46.0 Å². The maximum absolute atomic E-state index is 12.5. The van der Waals surface area contributed by atoms with Gasteiger partial charge in [0.05, 0.1) is 11.8 Å². The highest BCUT2D eigenvalue weighted by atomic mass is 16.5. The molecular weight excluding hydrogens is 318 g/mol. The first-order valence-corrected chi connectivity index (χ1v) is 9.73. The second-order valence-corrected chi connectivity index (χ2v) is 7.86. The topological polar surface area (TPSA) is 67.6 Å². The van der Waals surface area contributed by atoms with Crippen molar-refractivity contribution in [1.82, 2.24) is 15.4 Å². The highest BCUT2D eigenvalue weighted by Crippen LogP contribution is 2.33. The van der Waals surface area contributed by atoms with Gasteiger partial charge in [-0.2, -0.15) is 0 Å². The highest BCUT2D eigenvalue weighted by Gasteiger charge is 2.42. The molecule has 3 atom stereocenters. The fourth-order valence-corrected chi connectivity index (χ4v) is 4.70. The quantitative estimate of drug-likeness (QED) is 0.906. The number of nitrogens with one attached hydrogen (secondary N) is 1. The number of fused-ring (bicyclic) bond motifs is 1. The molecule has 3 heterocycles. The SMILES string of the molecule is Cc1noc(C)c1CN1CC[C@@H]2O[C@H](C(=O)NC3CCCC3)CC[C@@H]21. The Hall–Kier alpha value is -1.40.